The first-order chi connectivity index (χ1) is 11.1. The average Bonchev–Trinajstić information content (AvgIpc) is 2.46. The fourth-order valence-corrected chi connectivity index (χ4v) is 3.55. The molecule has 0 atom stereocenters. The van der Waals surface area contributed by atoms with Crippen molar-refractivity contribution in [2.45, 2.75) is 38.1 Å². The number of benzene rings is 1. The highest BCUT2D eigenvalue weighted by atomic mass is 32.2. The van der Waals surface area contributed by atoms with Crippen LogP contribution in [0.3, 0.4) is 0 Å². The zero-order valence-corrected chi connectivity index (χ0v) is 14.9. The smallest absolute Gasteiger partial charge is 0.256 e. The van der Waals surface area contributed by atoms with Gasteiger partial charge in [-0.2, -0.15) is 0 Å². The Balaban J connectivity index is 2.34. The van der Waals surface area contributed by atoms with Gasteiger partial charge in [-0.1, -0.05) is 6.07 Å². The van der Waals surface area contributed by atoms with Crippen LogP contribution in [0.2, 0.25) is 0 Å². The van der Waals surface area contributed by atoms with Crippen molar-refractivity contribution in [3.05, 3.63) is 53.9 Å². The second-order valence-corrected chi connectivity index (χ2v) is 8.21. The van der Waals surface area contributed by atoms with Crippen LogP contribution in [0.15, 0.2) is 47.6 Å². The molecule has 128 valence electrons. The molecule has 0 aliphatic rings. The SMILES string of the molecule is Cc1ccc(S(=O)(=O)NC(C)(C)C)cc1C(=O)Nc1cccnc1. The molecule has 0 bridgehead atoms. The predicted octanol–water partition coefficient (Wildman–Crippen LogP) is 2.72. The van der Waals surface area contributed by atoms with Crippen LogP contribution in [0.1, 0.15) is 36.7 Å². The lowest BCUT2D eigenvalue weighted by Crippen LogP contribution is -2.40. The molecule has 2 aromatic rings. The first-order valence-corrected chi connectivity index (χ1v) is 8.93. The number of rotatable bonds is 4. The van der Waals surface area contributed by atoms with Crippen LogP contribution < -0.4 is 10.0 Å². The fraction of sp³-hybridized carbons (Fsp3) is 0.294. The van der Waals surface area contributed by atoms with Gasteiger partial charge < -0.3 is 5.32 Å². The first kappa shape index (κ1) is 18.1. The summed E-state index contributed by atoms with van der Waals surface area (Å²) in [4.78, 5) is 16.4. The largest absolute Gasteiger partial charge is 0.321 e. The summed E-state index contributed by atoms with van der Waals surface area (Å²) in [5, 5.41) is 2.71. The summed E-state index contributed by atoms with van der Waals surface area (Å²) in [5.74, 6) is -0.381. The van der Waals surface area contributed by atoms with Crippen LogP contribution in [0, 0.1) is 6.92 Å². The Morgan fingerprint density at radius 2 is 1.88 bits per heavy atom. The highest BCUT2D eigenvalue weighted by Gasteiger charge is 2.23. The Morgan fingerprint density at radius 1 is 1.17 bits per heavy atom. The molecule has 0 spiro atoms. The van der Waals surface area contributed by atoms with E-state index in [0.29, 0.717) is 16.8 Å². The van der Waals surface area contributed by atoms with E-state index in [1.54, 1.807) is 52.1 Å². The summed E-state index contributed by atoms with van der Waals surface area (Å²) in [5.41, 5.74) is 0.923. The number of anilines is 1. The molecule has 0 aliphatic carbocycles. The van der Waals surface area contributed by atoms with Gasteiger partial charge in [-0.15, -0.1) is 0 Å². The molecule has 0 aliphatic heterocycles. The van der Waals surface area contributed by atoms with Crippen molar-refractivity contribution in [1.29, 1.82) is 0 Å². The van der Waals surface area contributed by atoms with Crippen LogP contribution in [0.25, 0.3) is 0 Å². The number of amides is 1. The van der Waals surface area contributed by atoms with E-state index < -0.39 is 15.6 Å². The molecule has 0 saturated carbocycles. The van der Waals surface area contributed by atoms with E-state index in [1.807, 2.05) is 0 Å². The fourth-order valence-electron chi connectivity index (χ4n) is 2.11. The molecule has 7 heteroatoms. The van der Waals surface area contributed by atoms with E-state index in [9.17, 15) is 13.2 Å². The van der Waals surface area contributed by atoms with Gasteiger partial charge >= 0.3 is 0 Å². The lowest BCUT2D eigenvalue weighted by molar-refractivity contribution is 0.102. The van der Waals surface area contributed by atoms with Crippen molar-refractivity contribution >= 4 is 21.6 Å². The molecule has 6 nitrogen and oxygen atoms in total. The van der Waals surface area contributed by atoms with Crippen LogP contribution >= 0.6 is 0 Å². The van der Waals surface area contributed by atoms with Gasteiger partial charge in [-0.3, -0.25) is 9.78 Å². The molecule has 1 aromatic carbocycles. The maximum Gasteiger partial charge on any atom is 0.256 e. The summed E-state index contributed by atoms with van der Waals surface area (Å²) < 4.78 is 27.5. The van der Waals surface area contributed by atoms with Crippen LogP contribution in [0.4, 0.5) is 5.69 Å². The quantitative estimate of drug-likeness (QED) is 0.890. The van der Waals surface area contributed by atoms with Crippen LogP contribution in [-0.4, -0.2) is 24.8 Å². The lowest BCUT2D eigenvalue weighted by atomic mass is 10.1. The lowest BCUT2D eigenvalue weighted by Gasteiger charge is -2.20. The molecular weight excluding hydrogens is 326 g/mol. The number of carbonyl (C=O) groups is 1. The minimum atomic E-state index is -3.71. The topological polar surface area (TPSA) is 88.2 Å². The summed E-state index contributed by atoms with van der Waals surface area (Å²) in [6, 6.07) is 7.91. The summed E-state index contributed by atoms with van der Waals surface area (Å²) in [6.45, 7) is 7.03. The Bertz CT molecular complexity index is 841. The number of nitrogens with one attached hydrogen (secondary N) is 2. The van der Waals surface area contributed by atoms with E-state index in [4.69, 9.17) is 0 Å². The third kappa shape index (κ3) is 4.62. The number of aromatic nitrogens is 1. The summed E-state index contributed by atoms with van der Waals surface area (Å²) in [7, 11) is -3.71. The van der Waals surface area contributed by atoms with E-state index in [-0.39, 0.29) is 10.8 Å². The van der Waals surface area contributed by atoms with E-state index >= 15 is 0 Å². The molecule has 2 N–H and O–H groups in total. The van der Waals surface area contributed by atoms with Gasteiger partial charge in [0.1, 0.15) is 0 Å². The molecule has 0 radical (unpaired) electrons. The molecule has 0 saturated heterocycles. The molecule has 1 heterocycles. The number of hydrogen-bond donors (Lipinski definition) is 2. The number of pyridine rings is 1. The minimum Gasteiger partial charge on any atom is -0.321 e. The van der Waals surface area contributed by atoms with E-state index in [0.717, 1.165) is 0 Å². The highest BCUT2D eigenvalue weighted by Crippen LogP contribution is 2.19. The normalized spacial score (nSPS) is 12.0. The highest BCUT2D eigenvalue weighted by molar-refractivity contribution is 7.89. The average molecular weight is 347 g/mol. The number of sulfonamides is 1. The van der Waals surface area contributed by atoms with E-state index in [1.165, 1.54) is 18.3 Å². The maximum atomic E-state index is 12.4. The van der Waals surface area contributed by atoms with Crippen molar-refractivity contribution in [3.63, 3.8) is 0 Å². The van der Waals surface area contributed by atoms with Crippen LogP contribution in [0.5, 0.6) is 0 Å². The zero-order valence-electron chi connectivity index (χ0n) is 14.1. The number of hydrogen-bond acceptors (Lipinski definition) is 4. The first-order valence-electron chi connectivity index (χ1n) is 7.44. The van der Waals surface area contributed by atoms with Crippen molar-refractivity contribution in [2.75, 3.05) is 5.32 Å². The van der Waals surface area contributed by atoms with Crippen molar-refractivity contribution in [3.8, 4) is 0 Å². The van der Waals surface area contributed by atoms with Gasteiger partial charge in [-0.25, -0.2) is 13.1 Å². The molecule has 0 fully saturated rings. The Labute approximate surface area is 142 Å². The van der Waals surface area contributed by atoms with Gasteiger partial charge in [0.25, 0.3) is 5.91 Å². The standard InChI is InChI=1S/C17H21N3O3S/c1-12-7-8-14(24(22,23)20-17(2,3)4)10-15(12)16(21)19-13-6-5-9-18-11-13/h5-11,20H,1-4H3,(H,19,21). The van der Waals surface area contributed by atoms with Crippen molar-refractivity contribution < 1.29 is 13.2 Å². The van der Waals surface area contributed by atoms with Crippen molar-refractivity contribution in [2.24, 2.45) is 0 Å². The number of nitrogens with zero attached hydrogens (tertiary/aromatic N) is 1. The van der Waals surface area contributed by atoms with Crippen molar-refractivity contribution in [1.82, 2.24) is 9.71 Å². The van der Waals surface area contributed by atoms with Crippen LogP contribution in [-0.2, 0) is 10.0 Å². The Morgan fingerprint density at radius 3 is 2.46 bits per heavy atom. The second kappa shape index (κ2) is 6.70. The Kier molecular flexibility index (Phi) is 5.05. The van der Waals surface area contributed by atoms with Gasteiger partial charge in [0.15, 0.2) is 0 Å². The number of aryl methyl sites for hydroxylation is 1. The third-order valence-corrected chi connectivity index (χ3v) is 4.88. The Hall–Kier alpha value is -2.25. The minimum absolute atomic E-state index is 0.0550. The predicted molar refractivity (Wildman–Crippen MR) is 93.4 cm³/mol. The third-order valence-electron chi connectivity index (χ3n) is 3.12. The van der Waals surface area contributed by atoms with Gasteiger partial charge in [0, 0.05) is 17.3 Å². The molecule has 1 amide bonds. The monoisotopic (exact) mass is 347 g/mol. The zero-order chi connectivity index (χ0) is 18.0. The summed E-state index contributed by atoms with van der Waals surface area (Å²) >= 11 is 0. The second-order valence-electron chi connectivity index (χ2n) is 6.53. The molecular formula is C17H21N3O3S. The summed E-state index contributed by atoms with van der Waals surface area (Å²) in [6.07, 6.45) is 3.13. The molecule has 0 unspecified atom stereocenters. The van der Waals surface area contributed by atoms with Gasteiger partial charge in [0.05, 0.1) is 16.8 Å². The maximum absolute atomic E-state index is 12.4. The number of carbonyl (C=O) groups excluding carboxylic acids is 1. The van der Waals surface area contributed by atoms with Gasteiger partial charge in [0.2, 0.25) is 10.0 Å². The molecule has 1 aromatic heterocycles. The molecule has 24 heavy (non-hydrogen) atoms. The van der Waals surface area contributed by atoms with Gasteiger partial charge in [-0.05, 0) is 57.5 Å². The molecule has 2 rings (SSSR count). The van der Waals surface area contributed by atoms with E-state index in [2.05, 4.69) is 15.0 Å².